The van der Waals surface area contributed by atoms with Crippen LogP contribution in [0.25, 0.3) is 0 Å². The SMILES string of the molecule is COc1ccc(C2(CNC(=O)C(N)C3CCOCC3)CCCCC2)cc1OC.Cl. The maximum atomic E-state index is 12.8. The number of nitrogens with one attached hydrogen (secondary N) is 1. The normalized spacial score (nSPS) is 20.2. The lowest BCUT2D eigenvalue weighted by Crippen LogP contribution is -2.51. The minimum atomic E-state index is -0.463. The first-order valence-corrected chi connectivity index (χ1v) is 10.4. The van der Waals surface area contributed by atoms with E-state index in [0.29, 0.717) is 19.8 Å². The Kier molecular flexibility index (Phi) is 9.05. The zero-order chi connectivity index (χ0) is 20.0. The average molecular weight is 427 g/mol. The van der Waals surface area contributed by atoms with E-state index < -0.39 is 6.04 Å². The quantitative estimate of drug-likeness (QED) is 0.699. The molecule has 0 bridgehead atoms. The molecule has 1 aromatic rings. The molecule has 1 aliphatic heterocycles. The molecule has 1 unspecified atom stereocenters. The van der Waals surface area contributed by atoms with Crippen molar-refractivity contribution in [3.63, 3.8) is 0 Å². The first kappa shape index (κ1) is 23.8. The fourth-order valence-corrected chi connectivity index (χ4v) is 4.63. The smallest absolute Gasteiger partial charge is 0.237 e. The van der Waals surface area contributed by atoms with Gasteiger partial charge in [-0.15, -0.1) is 12.4 Å². The fourth-order valence-electron chi connectivity index (χ4n) is 4.63. The van der Waals surface area contributed by atoms with Crippen molar-refractivity contribution in [1.29, 1.82) is 0 Å². The molecule has 1 aliphatic carbocycles. The largest absolute Gasteiger partial charge is 0.493 e. The number of rotatable bonds is 7. The van der Waals surface area contributed by atoms with Gasteiger partial charge in [-0.1, -0.05) is 25.3 Å². The third-order valence-electron chi connectivity index (χ3n) is 6.48. The van der Waals surface area contributed by atoms with Crippen LogP contribution in [0.1, 0.15) is 50.5 Å². The van der Waals surface area contributed by atoms with Crippen molar-refractivity contribution in [2.45, 2.75) is 56.4 Å². The molecule has 1 saturated heterocycles. The second-order valence-electron chi connectivity index (χ2n) is 8.10. The van der Waals surface area contributed by atoms with Crippen molar-refractivity contribution < 1.29 is 19.0 Å². The molecule has 7 heteroatoms. The molecule has 3 rings (SSSR count). The van der Waals surface area contributed by atoms with Crippen molar-refractivity contribution in [2.24, 2.45) is 11.7 Å². The van der Waals surface area contributed by atoms with Crippen LogP contribution in [0.4, 0.5) is 0 Å². The van der Waals surface area contributed by atoms with Crippen LogP contribution in [-0.2, 0) is 14.9 Å². The van der Waals surface area contributed by atoms with Gasteiger partial charge in [0.05, 0.1) is 20.3 Å². The van der Waals surface area contributed by atoms with Crippen LogP contribution in [0.3, 0.4) is 0 Å². The minimum Gasteiger partial charge on any atom is -0.493 e. The van der Waals surface area contributed by atoms with Crippen LogP contribution in [0.5, 0.6) is 11.5 Å². The van der Waals surface area contributed by atoms with Crippen LogP contribution in [0, 0.1) is 5.92 Å². The highest BCUT2D eigenvalue weighted by atomic mass is 35.5. The number of nitrogens with two attached hydrogens (primary N) is 1. The lowest BCUT2D eigenvalue weighted by molar-refractivity contribution is -0.124. The van der Waals surface area contributed by atoms with Crippen molar-refractivity contribution in [3.05, 3.63) is 23.8 Å². The standard InChI is InChI=1S/C22H34N2O4.ClH/c1-26-18-7-6-17(14-19(18)27-2)22(10-4-3-5-11-22)15-24-21(25)20(23)16-8-12-28-13-9-16;/h6-7,14,16,20H,3-5,8-13,15,23H2,1-2H3,(H,24,25);1H. The van der Waals surface area contributed by atoms with Gasteiger partial charge in [0.1, 0.15) is 0 Å². The molecule has 0 aromatic heterocycles. The molecule has 1 amide bonds. The van der Waals surface area contributed by atoms with Gasteiger partial charge < -0.3 is 25.3 Å². The number of carbonyl (C=O) groups is 1. The molecule has 0 radical (unpaired) electrons. The van der Waals surface area contributed by atoms with Gasteiger partial charge in [-0.25, -0.2) is 0 Å². The molecule has 1 aromatic carbocycles. The molecule has 164 valence electrons. The van der Waals surface area contributed by atoms with Gasteiger partial charge in [0, 0.05) is 25.2 Å². The first-order chi connectivity index (χ1) is 13.6. The summed E-state index contributed by atoms with van der Waals surface area (Å²) in [5.74, 6) is 1.62. The Bertz CT molecular complexity index is 658. The van der Waals surface area contributed by atoms with Crippen LogP contribution in [-0.4, -0.2) is 45.9 Å². The van der Waals surface area contributed by atoms with Crippen molar-refractivity contribution in [2.75, 3.05) is 34.0 Å². The highest BCUT2D eigenvalue weighted by Crippen LogP contribution is 2.42. The van der Waals surface area contributed by atoms with Gasteiger partial charge in [-0.2, -0.15) is 0 Å². The number of amides is 1. The summed E-state index contributed by atoms with van der Waals surface area (Å²) >= 11 is 0. The lowest BCUT2D eigenvalue weighted by Gasteiger charge is -2.39. The topological polar surface area (TPSA) is 82.8 Å². The van der Waals surface area contributed by atoms with Gasteiger partial charge in [0.15, 0.2) is 11.5 Å². The molecule has 1 saturated carbocycles. The summed E-state index contributed by atoms with van der Waals surface area (Å²) in [5.41, 5.74) is 7.39. The van der Waals surface area contributed by atoms with Gasteiger partial charge in [0.2, 0.25) is 5.91 Å². The van der Waals surface area contributed by atoms with E-state index in [-0.39, 0.29) is 29.6 Å². The molecule has 3 N–H and O–H groups in total. The minimum absolute atomic E-state index is 0. The Morgan fingerprint density at radius 3 is 2.45 bits per heavy atom. The molecule has 2 fully saturated rings. The molecule has 29 heavy (non-hydrogen) atoms. The molecule has 0 spiro atoms. The molecular weight excluding hydrogens is 392 g/mol. The monoisotopic (exact) mass is 426 g/mol. The number of hydrogen-bond acceptors (Lipinski definition) is 5. The number of carbonyl (C=O) groups excluding carboxylic acids is 1. The average Bonchev–Trinajstić information content (AvgIpc) is 2.77. The Balaban J connectivity index is 0.00000300. The molecule has 2 aliphatic rings. The van der Waals surface area contributed by atoms with Gasteiger partial charge in [-0.05, 0) is 49.3 Å². The number of halogens is 1. The second-order valence-corrected chi connectivity index (χ2v) is 8.10. The second kappa shape index (κ2) is 11.0. The Morgan fingerprint density at radius 2 is 1.83 bits per heavy atom. The Morgan fingerprint density at radius 1 is 1.17 bits per heavy atom. The van der Waals surface area contributed by atoms with Crippen LogP contribution < -0.4 is 20.5 Å². The predicted molar refractivity (Wildman–Crippen MR) is 116 cm³/mol. The van der Waals surface area contributed by atoms with E-state index in [1.165, 1.54) is 12.0 Å². The zero-order valence-electron chi connectivity index (χ0n) is 17.6. The fraction of sp³-hybridized carbons (Fsp3) is 0.682. The van der Waals surface area contributed by atoms with E-state index in [1.54, 1.807) is 14.2 Å². The van der Waals surface area contributed by atoms with E-state index in [2.05, 4.69) is 17.4 Å². The van der Waals surface area contributed by atoms with E-state index in [4.69, 9.17) is 19.9 Å². The van der Waals surface area contributed by atoms with Crippen molar-refractivity contribution in [3.8, 4) is 11.5 Å². The third-order valence-corrected chi connectivity index (χ3v) is 6.48. The third kappa shape index (κ3) is 5.56. The maximum Gasteiger partial charge on any atom is 0.237 e. The van der Waals surface area contributed by atoms with Gasteiger partial charge in [-0.3, -0.25) is 4.79 Å². The summed E-state index contributed by atoms with van der Waals surface area (Å²) in [4.78, 5) is 12.8. The van der Waals surface area contributed by atoms with Crippen LogP contribution in [0.2, 0.25) is 0 Å². The first-order valence-electron chi connectivity index (χ1n) is 10.4. The zero-order valence-corrected chi connectivity index (χ0v) is 18.4. The van der Waals surface area contributed by atoms with Gasteiger partial charge >= 0.3 is 0 Å². The molecule has 1 atom stereocenters. The van der Waals surface area contributed by atoms with Gasteiger partial charge in [0.25, 0.3) is 0 Å². The lowest BCUT2D eigenvalue weighted by atomic mass is 9.69. The van der Waals surface area contributed by atoms with E-state index in [9.17, 15) is 4.79 Å². The number of benzene rings is 1. The van der Waals surface area contributed by atoms with Crippen LogP contribution in [0.15, 0.2) is 18.2 Å². The summed E-state index contributed by atoms with van der Waals surface area (Å²) in [7, 11) is 3.30. The molecule has 1 heterocycles. The maximum absolute atomic E-state index is 12.8. The Labute approximate surface area is 180 Å². The summed E-state index contributed by atoms with van der Waals surface area (Å²) < 4.78 is 16.3. The highest BCUT2D eigenvalue weighted by Gasteiger charge is 2.36. The predicted octanol–water partition coefficient (Wildman–Crippen LogP) is 3.20. The molecule has 6 nitrogen and oxygen atoms in total. The van der Waals surface area contributed by atoms with E-state index >= 15 is 0 Å². The van der Waals surface area contributed by atoms with E-state index in [1.807, 2.05) is 6.07 Å². The van der Waals surface area contributed by atoms with Crippen LogP contribution >= 0.6 is 12.4 Å². The summed E-state index contributed by atoms with van der Waals surface area (Å²) in [6, 6.07) is 5.67. The van der Waals surface area contributed by atoms with Crippen molar-refractivity contribution in [1.82, 2.24) is 5.32 Å². The highest BCUT2D eigenvalue weighted by molar-refractivity contribution is 5.85. The number of methoxy groups -OCH3 is 2. The molecular formula is C22H35ClN2O4. The number of ether oxygens (including phenoxy) is 3. The van der Waals surface area contributed by atoms with E-state index in [0.717, 1.165) is 50.0 Å². The summed E-state index contributed by atoms with van der Waals surface area (Å²) in [6.45, 7) is 2.00. The Hall–Kier alpha value is -1.50. The summed E-state index contributed by atoms with van der Waals surface area (Å²) in [5, 5.41) is 3.18. The number of hydrogen-bond donors (Lipinski definition) is 2. The summed E-state index contributed by atoms with van der Waals surface area (Å²) in [6.07, 6.45) is 7.38. The van der Waals surface area contributed by atoms with Crippen molar-refractivity contribution >= 4 is 18.3 Å².